The number of carboxylic acids is 1. The van der Waals surface area contributed by atoms with Crippen LogP contribution in [0.15, 0.2) is 18.2 Å². The summed E-state index contributed by atoms with van der Waals surface area (Å²) in [6.45, 7) is 11.3. The summed E-state index contributed by atoms with van der Waals surface area (Å²) in [6.07, 6.45) is 0.624. The zero-order valence-electron chi connectivity index (χ0n) is 15.9. The van der Waals surface area contributed by atoms with E-state index in [2.05, 4.69) is 33.0 Å². The number of aliphatic carboxylic acids is 1. The minimum Gasteiger partial charge on any atom is -0.481 e. The molecule has 1 fully saturated rings. The van der Waals surface area contributed by atoms with E-state index in [1.54, 1.807) is 4.90 Å². The van der Waals surface area contributed by atoms with E-state index < -0.39 is 11.9 Å². The summed E-state index contributed by atoms with van der Waals surface area (Å²) in [5.74, 6) is -0.540. The van der Waals surface area contributed by atoms with Crippen molar-refractivity contribution in [2.45, 2.75) is 52.9 Å². The van der Waals surface area contributed by atoms with Crippen molar-refractivity contribution in [2.75, 3.05) is 18.4 Å². The smallest absolute Gasteiger partial charge is 0.321 e. The lowest BCUT2D eigenvalue weighted by Crippen LogP contribution is -2.47. The van der Waals surface area contributed by atoms with Crippen LogP contribution in [0, 0.1) is 11.8 Å². The van der Waals surface area contributed by atoms with Gasteiger partial charge in [0.15, 0.2) is 0 Å². The van der Waals surface area contributed by atoms with Gasteiger partial charge in [0.1, 0.15) is 0 Å². The Bertz CT molecular complexity index is 614. The lowest BCUT2D eigenvalue weighted by atomic mass is 9.90. The largest absolute Gasteiger partial charge is 0.481 e. The molecule has 2 unspecified atom stereocenters. The maximum absolute atomic E-state index is 12.9. The zero-order chi connectivity index (χ0) is 18.7. The van der Waals surface area contributed by atoms with Gasteiger partial charge in [-0.2, -0.15) is 0 Å². The monoisotopic (exact) mass is 346 g/mol. The molecule has 1 aromatic rings. The topological polar surface area (TPSA) is 69.6 Å². The molecule has 2 N–H and O–H groups in total. The molecule has 0 radical (unpaired) electrons. The van der Waals surface area contributed by atoms with Gasteiger partial charge in [0, 0.05) is 18.8 Å². The molecule has 25 heavy (non-hydrogen) atoms. The second-order valence-corrected chi connectivity index (χ2v) is 7.83. The molecule has 5 nitrogen and oxygen atoms in total. The van der Waals surface area contributed by atoms with E-state index in [0.717, 1.165) is 16.8 Å². The molecule has 1 heterocycles. The number of nitrogens with one attached hydrogen (secondary N) is 1. The van der Waals surface area contributed by atoms with E-state index in [1.807, 2.05) is 25.1 Å². The van der Waals surface area contributed by atoms with Crippen molar-refractivity contribution in [3.8, 4) is 0 Å². The van der Waals surface area contributed by atoms with Crippen LogP contribution in [0.25, 0.3) is 0 Å². The highest BCUT2D eigenvalue weighted by Gasteiger charge is 2.32. The zero-order valence-corrected chi connectivity index (χ0v) is 15.9. The van der Waals surface area contributed by atoms with Crippen molar-refractivity contribution in [2.24, 2.45) is 11.8 Å². The van der Waals surface area contributed by atoms with Gasteiger partial charge in [-0.25, -0.2) is 4.79 Å². The average Bonchev–Trinajstić information content (AvgIpc) is 2.53. The molecule has 0 saturated carbocycles. The second kappa shape index (κ2) is 7.89. The average molecular weight is 346 g/mol. The number of carboxylic acid groups (broad SMARTS) is 1. The van der Waals surface area contributed by atoms with E-state index in [0.29, 0.717) is 24.8 Å². The first kappa shape index (κ1) is 19.3. The van der Waals surface area contributed by atoms with Crippen molar-refractivity contribution < 1.29 is 14.7 Å². The molecular weight excluding hydrogens is 316 g/mol. The quantitative estimate of drug-likeness (QED) is 0.843. The molecule has 2 rings (SSSR count). The summed E-state index contributed by atoms with van der Waals surface area (Å²) < 4.78 is 0. The number of carbonyl (C=O) groups excluding carboxylic acids is 1. The van der Waals surface area contributed by atoms with Crippen molar-refractivity contribution in [3.63, 3.8) is 0 Å². The van der Waals surface area contributed by atoms with Crippen molar-refractivity contribution >= 4 is 17.7 Å². The van der Waals surface area contributed by atoms with E-state index in [4.69, 9.17) is 0 Å². The first-order chi connectivity index (χ1) is 11.7. The summed E-state index contributed by atoms with van der Waals surface area (Å²) in [5, 5.41) is 12.4. The second-order valence-electron chi connectivity index (χ2n) is 7.83. The Hall–Kier alpha value is -2.04. The highest BCUT2D eigenvalue weighted by molar-refractivity contribution is 5.92. The Morgan fingerprint density at radius 1 is 1.12 bits per heavy atom. The first-order valence-corrected chi connectivity index (χ1v) is 9.12. The number of amides is 2. The molecule has 1 aliphatic heterocycles. The van der Waals surface area contributed by atoms with Crippen LogP contribution >= 0.6 is 0 Å². The van der Waals surface area contributed by atoms with Crippen LogP contribution in [0.1, 0.15) is 64.0 Å². The number of carbonyl (C=O) groups is 2. The van der Waals surface area contributed by atoms with Crippen LogP contribution in [0.3, 0.4) is 0 Å². The van der Waals surface area contributed by atoms with Crippen molar-refractivity contribution in [1.29, 1.82) is 0 Å². The number of hydrogen-bond acceptors (Lipinski definition) is 2. The van der Waals surface area contributed by atoms with Crippen LogP contribution in [0.4, 0.5) is 10.5 Å². The number of hydrogen-bond donors (Lipinski definition) is 2. The number of urea groups is 1. The Balaban J connectivity index is 2.26. The predicted octanol–water partition coefficient (Wildman–Crippen LogP) is 4.51. The summed E-state index contributed by atoms with van der Waals surface area (Å²) in [7, 11) is 0. The molecule has 0 bridgehead atoms. The molecule has 138 valence electrons. The van der Waals surface area contributed by atoms with E-state index in [9.17, 15) is 14.7 Å². The Morgan fingerprint density at radius 3 is 2.16 bits per heavy atom. The normalized spacial score (nSPS) is 20.8. The molecular formula is C20H30N2O3. The highest BCUT2D eigenvalue weighted by atomic mass is 16.4. The van der Waals surface area contributed by atoms with Crippen molar-refractivity contribution in [1.82, 2.24) is 4.90 Å². The Labute approximate surface area is 150 Å². The fraction of sp³-hybridized carbons (Fsp3) is 0.600. The molecule has 1 aliphatic rings. The SMILES string of the molecule is CC1CC(C(=O)O)CN(C(=O)Nc2c(C(C)C)cccc2C(C)C)C1. The molecule has 0 aliphatic carbocycles. The maximum atomic E-state index is 12.9. The number of piperidine rings is 1. The number of para-hydroxylation sites is 1. The predicted molar refractivity (Wildman–Crippen MR) is 100 cm³/mol. The van der Waals surface area contributed by atoms with Gasteiger partial charge < -0.3 is 15.3 Å². The minimum atomic E-state index is -0.824. The summed E-state index contributed by atoms with van der Waals surface area (Å²) in [4.78, 5) is 25.9. The molecule has 0 spiro atoms. The third kappa shape index (κ3) is 4.53. The Kier molecular flexibility index (Phi) is 6.09. The van der Waals surface area contributed by atoms with Gasteiger partial charge in [0.2, 0.25) is 0 Å². The van der Waals surface area contributed by atoms with Gasteiger partial charge >= 0.3 is 12.0 Å². The number of rotatable bonds is 4. The summed E-state index contributed by atoms with van der Waals surface area (Å²) in [5.41, 5.74) is 3.10. The van der Waals surface area contributed by atoms with Crippen LogP contribution in [-0.2, 0) is 4.79 Å². The van der Waals surface area contributed by atoms with Crippen molar-refractivity contribution in [3.05, 3.63) is 29.3 Å². The van der Waals surface area contributed by atoms with Gasteiger partial charge in [-0.1, -0.05) is 52.8 Å². The van der Waals surface area contributed by atoms with Gasteiger partial charge in [-0.05, 0) is 35.3 Å². The third-order valence-electron chi connectivity index (χ3n) is 4.90. The van der Waals surface area contributed by atoms with Gasteiger partial charge in [0.05, 0.1) is 5.92 Å². The van der Waals surface area contributed by atoms with Crippen LogP contribution in [0.5, 0.6) is 0 Å². The Morgan fingerprint density at radius 2 is 1.68 bits per heavy atom. The van der Waals surface area contributed by atoms with Crippen LogP contribution in [0.2, 0.25) is 0 Å². The van der Waals surface area contributed by atoms with Crippen LogP contribution < -0.4 is 5.32 Å². The number of nitrogens with zero attached hydrogens (tertiary/aromatic N) is 1. The summed E-state index contributed by atoms with van der Waals surface area (Å²) >= 11 is 0. The molecule has 5 heteroatoms. The highest BCUT2D eigenvalue weighted by Crippen LogP contribution is 2.33. The lowest BCUT2D eigenvalue weighted by Gasteiger charge is -2.35. The molecule has 1 saturated heterocycles. The minimum absolute atomic E-state index is 0.186. The van der Waals surface area contributed by atoms with Gasteiger partial charge in [-0.3, -0.25) is 4.79 Å². The van der Waals surface area contributed by atoms with Crippen LogP contribution in [-0.4, -0.2) is 35.1 Å². The van der Waals surface area contributed by atoms with E-state index in [-0.39, 0.29) is 18.5 Å². The maximum Gasteiger partial charge on any atom is 0.321 e. The number of likely N-dealkylation sites (tertiary alicyclic amines) is 1. The summed E-state index contributed by atoms with van der Waals surface area (Å²) in [6, 6.07) is 5.92. The van der Waals surface area contributed by atoms with Gasteiger partial charge in [-0.15, -0.1) is 0 Å². The van der Waals surface area contributed by atoms with E-state index in [1.165, 1.54) is 0 Å². The molecule has 0 aromatic heterocycles. The number of anilines is 1. The lowest BCUT2D eigenvalue weighted by molar-refractivity contribution is -0.143. The standard InChI is InChI=1S/C20H30N2O3/c1-12(2)16-7-6-8-17(13(3)4)18(16)21-20(25)22-10-14(5)9-15(11-22)19(23)24/h6-8,12-15H,9-11H2,1-5H3,(H,21,25)(H,23,24). The molecule has 2 amide bonds. The number of benzene rings is 1. The molecule has 2 atom stereocenters. The fourth-order valence-electron chi connectivity index (χ4n) is 3.58. The van der Waals surface area contributed by atoms with Gasteiger partial charge in [0.25, 0.3) is 0 Å². The molecule has 1 aromatic carbocycles. The van der Waals surface area contributed by atoms with E-state index >= 15 is 0 Å². The first-order valence-electron chi connectivity index (χ1n) is 9.12. The third-order valence-corrected chi connectivity index (χ3v) is 4.90. The fourth-order valence-corrected chi connectivity index (χ4v) is 3.58.